The lowest BCUT2D eigenvalue weighted by molar-refractivity contribution is -0.0675. The van der Waals surface area contributed by atoms with Crippen LogP contribution in [0.3, 0.4) is 0 Å². The first kappa shape index (κ1) is 18.7. The van der Waals surface area contributed by atoms with Crippen molar-refractivity contribution >= 4 is 22.5 Å². The van der Waals surface area contributed by atoms with Crippen molar-refractivity contribution in [3.05, 3.63) is 35.8 Å². The van der Waals surface area contributed by atoms with Gasteiger partial charge in [0.05, 0.1) is 47.6 Å². The van der Waals surface area contributed by atoms with Gasteiger partial charge in [-0.3, -0.25) is 0 Å². The molecule has 8 nitrogen and oxygen atoms in total. The van der Waals surface area contributed by atoms with Crippen LogP contribution in [0.2, 0.25) is 0 Å². The van der Waals surface area contributed by atoms with Crippen LogP contribution in [-0.2, 0) is 6.54 Å². The Kier molecular flexibility index (Phi) is 4.58. The Labute approximate surface area is 215 Å². The number of hydrogen-bond donors (Lipinski definition) is 1. The Morgan fingerprint density at radius 2 is 2.05 bits per heavy atom. The summed E-state index contributed by atoms with van der Waals surface area (Å²) in [6, 6.07) is 0.368. The summed E-state index contributed by atoms with van der Waals surface area (Å²) in [5.41, 5.74) is -1.43. The molecule has 198 valence electrons. The molecule has 0 bridgehead atoms. The largest absolute Gasteiger partial charge is 0.479 e. The summed E-state index contributed by atoms with van der Waals surface area (Å²) >= 11 is 0. The number of likely N-dealkylation sites (tertiary alicyclic amines) is 1. The van der Waals surface area contributed by atoms with Gasteiger partial charge in [0, 0.05) is 10.7 Å². The zero-order valence-electron chi connectivity index (χ0n) is 25.1. The van der Waals surface area contributed by atoms with E-state index in [1.165, 1.54) is 13.0 Å². The number of piperidine rings is 1. The highest BCUT2D eigenvalue weighted by molar-refractivity contribution is 5.90. The minimum absolute atomic E-state index is 0.0699. The molecule has 0 amide bonds. The maximum Gasteiger partial charge on any atom is 0.280 e. The lowest BCUT2D eigenvalue weighted by atomic mass is 10.0. The molecule has 1 saturated heterocycles. The third-order valence-electron chi connectivity index (χ3n) is 6.16. The molecular formula is C23H23F6N7O. The maximum absolute atomic E-state index is 15.5. The first-order valence-electron chi connectivity index (χ1n) is 14.0. The SMILES string of the molecule is [2H]C([2H])([2H])Oc1nc(N[C@@H]2CCN(C([2H])([2H])[2H])CC2(F)F)nn2cc(F)c(-c3cc(F)c4nc(C)n(CC(F)F)c4c3)c12. The fraction of sp³-hybridized carbons (Fsp3) is 0.435. The molecule has 14 heteroatoms. The van der Waals surface area contributed by atoms with Gasteiger partial charge in [0.15, 0.2) is 11.6 Å². The highest BCUT2D eigenvalue weighted by Crippen LogP contribution is 2.37. The van der Waals surface area contributed by atoms with Crippen molar-refractivity contribution in [1.82, 2.24) is 29.0 Å². The monoisotopic (exact) mass is 533 g/mol. The lowest BCUT2D eigenvalue weighted by Crippen LogP contribution is -2.53. The van der Waals surface area contributed by atoms with Gasteiger partial charge in [0.2, 0.25) is 11.8 Å². The van der Waals surface area contributed by atoms with Gasteiger partial charge >= 0.3 is 0 Å². The van der Waals surface area contributed by atoms with E-state index in [9.17, 15) is 17.6 Å². The van der Waals surface area contributed by atoms with E-state index in [2.05, 4.69) is 20.4 Å². The highest BCUT2D eigenvalue weighted by atomic mass is 19.3. The molecule has 4 aromatic rings. The van der Waals surface area contributed by atoms with Crippen molar-refractivity contribution in [2.24, 2.45) is 0 Å². The molecule has 4 heterocycles. The van der Waals surface area contributed by atoms with Gasteiger partial charge in [-0.05, 0) is 38.0 Å². The number of methoxy groups -OCH3 is 1. The van der Waals surface area contributed by atoms with Crippen molar-refractivity contribution < 1.29 is 39.3 Å². The van der Waals surface area contributed by atoms with Crippen LogP contribution in [0.15, 0.2) is 18.3 Å². The Balaban J connectivity index is 1.61. The molecule has 0 saturated carbocycles. The van der Waals surface area contributed by atoms with Crippen molar-refractivity contribution in [3.63, 3.8) is 0 Å². The molecule has 0 radical (unpaired) electrons. The van der Waals surface area contributed by atoms with Crippen LogP contribution < -0.4 is 10.1 Å². The van der Waals surface area contributed by atoms with Crippen molar-refractivity contribution in [2.45, 2.75) is 38.3 Å². The number of fused-ring (bicyclic) bond motifs is 2. The van der Waals surface area contributed by atoms with E-state index in [-0.39, 0.29) is 35.4 Å². The molecule has 3 aromatic heterocycles. The highest BCUT2D eigenvalue weighted by Gasteiger charge is 2.44. The second-order valence-electron chi connectivity index (χ2n) is 8.64. The van der Waals surface area contributed by atoms with E-state index < -0.39 is 80.0 Å². The summed E-state index contributed by atoms with van der Waals surface area (Å²) in [4.78, 5) is 8.50. The summed E-state index contributed by atoms with van der Waals surface area (Å²) in [6.07, 6.45) is -2.43. The van der Waals surface area contributed by atoms with Gasteiger partial charge in [0.25, 0.3) is 12.3 Å². The van der Waals surface area contributed by atoms with E-state index in [4.69, 9.17) is 13.0 Å². The second kappa shape index (κ2) is 9.08. The normalized spacial score (nSPS) is 21.4. The molecule has 1 N–H and O–H groups in total. The van der Waals surface area contributed by atoms with Gasteiger partial charge in [-0.25, -0.2) is 35.8 Å². The van der Waals surface area contributed by atoms with Crippen molar-refractivity contribution in [2.75, 3.05) is 32.4 Å². The molecule has 0 aliphatic carbocycles. The predicted octanol–water partition coefficient (Wildman–Crippen LogP) is 4.36. The molecule has 0 unspecified atom stereocenters. The van der Waals surface area contributed by atoms with E-state index in [1.54, 1.807) is 0 Å². The van der Waals surface area contributed by atoms with Crippen LogP contribution in [0.5, 0.6) is 5.88 Å². The Hall–Kier alpha value is -3.55. The number of anilines is 1. The zero-order chi connectivity index (χ0) is 31.6. The summed E-state index contributed by atoms with van der Waals surface area (Å²) in [7, 11) is -3.17. The fourth-order valence-electron chi connectivity index (χ4n) is 4.51. The number of rotatable bonds is 6. The molecule has 1 aliphatic rings. The van der Waals surface area contributed by atoms with Crippen LogP contribution >= 0.6 is 0 Å². The summed E-state index contributed by atoms with van der Waals surface area (Å²) in [5.74, 6) is -6.94. The van der Waals surface area contributed by atoms with E-state index in [0.29, 0.717) is 4.90 Å². The van der Waals surface area contributed by atoms with Crippen LogP contribution in [-0.4, -0.2) is 74.5 Å². The van der Waals surface area contributed by atoms with Gasteiger partial charge in [0.1, 0.15) is 16.9 Å². The third-order valence-corrected chi connectivity index (χ3v) is 6.16. The molecular weight excluding hydrogens is 504 g/mol. The van der Waals surface area contributed by atoms with Gasteiger partial charge in [-0.1, -0.05) is 0 Å². The number of halogens is 6. The molecule has 1 atom stereocenters. The topological polar surface area (TPSA) is 72.5 Å². The number of aromatic nitrogens is 5. The van der Waals surface area contributed by atoms with Gasteiger partial charge in [-0.2, -0.15) is 4.98 Å². The molecule has 1 fully saturated rings. The quantitative estimate of drug-likeness (QED) is 0.372. The number of alkyl halides is 4. The Bertz CT molecular complexity index is 1690. The Morgan fingerprint density at radius 1 is 1.24 bits per heavy atom. The van der Waals surface area contributed by atoms with Crippen LogP contribution in [0.4, 0.5) is 32.3 Å². The summed E-state index contributed by atoms with van der Waals surface area (Å²) < 4.78 is 138. The minimum Gasteiger partial charge on any atom is -0.479 e. The van der Waals surface area contributed by atoms with Gasteiger partial charge < -0.3 is 19.5 Å². The van der Waals surface area contributed by atoms with Crippen LogP contribution in [0.1, 0.15) is 20.5 Å². The molecule has 5 rings (SSSR count). The molecule has 37 heavy (non-hydrogen) atoms. The number of nitrogens with zero attached hydrogens (tertiary/aromatic N) is 6. The van der Waals surface area contributed by atoms with E-state index in [1.807, 2.05) is 0 Å². The first-order chi connectivity index (χ1) is 19.8. The van der Waals surface area contributed by atoms with Gasteiger partial charge in [-0.15, -0.1) is 5.10 Å². The minimum atomic E-state index is -3.59. The summed E-state index contributed by atoms with van der Waals surface area (Å²) in [5, 5.41) is 6.33. The smallest absolute Gasteiger partial charge is 0.280 e. The van der Waals surface area contributed by atoms with Crippen LogP contribution in [0, 0.1) is 18.6 Å². The van der Waals surface area contributed by atoms with E-state index >= 15 is 8.78 Å². The Morgan fingerprint density at radius 3 is 2.76 bits per heavy atom. The number of aryl methyl sites for hydroxylation is 1. The average Bonchev–Trinajstić information content (AvgIpc) is 3.34. The average molecular weight is 534 g/mol. The number of imidazole rings is 1. The maximum atomic E-state index is 15.5. The lowest BCUT2D eigenvalue weighted by Gasteiger charge is -2.36. The first-order valence-corrected chi connectivity index (χ1v) is 11.0. The predicted molar refractivity (Wildman–Crippen MR) is 123 cm³/mol. The fourth-order valence-corrected chi connectivity index (χ4v) is 4.51. The summed E-state index contributed by atoms with van der Waals surface area (Å²) in [6.45, 7) is -3.53. The number of hydrogen-bond acceptors (Lipinski definition) is 6. The molecule has 1 aliphatic heterocycles. The third kappa shape index (κ3) is 4.43. The van der Waals surface area contributed by atoms with Crippen molar-refractivity contribution in [3.8, 4) is 17.0 Å². The number of ether oxygens (including phenoxy) is 1. The zero-order valence-corrected chi connectivity index (χ0v) is 19.1. The van der Waals surface area contributed by atoms with E-state index in [0.717, 1.165) is 21.3 Å². The number of benzene rings is 1. The standard InChI is InChI=1S/C23H23F6N7O/c1-11-30-19-13(24)6-12(7-15(19)35(11)9-17(26)27)18-14(25)8-36-20(18)21(37-3)32-22(33-36)31-16-4-5-34(2)10-23(16,28)29/h6-8,16-17H,4-5,9-10H2,1-3H3,(H,31,33)/t16-/m1/s1/i2D3,3D3. The second-order valence-corrected chi connectivity index (χ2v) is 8.64. The van der Waals surface area contributed by atoms with Crippen molar-refractivity contribution in [1.29, 1.82) is 0 Å². The molecule has 0 spiro atoms. The molecule has 1 aromatic carbocycles. The van der Waals surface area contributed by atoms with Crippen LogP contribution in [0.25, 0.3) is 27.7 Å². The number of nitrogens with one attached hydrogen (secondary N) is 1.